The van der Waals surface area contributed by atoms with E-state index in [1.165, 1.54) is 20.8 Å². The molecule has 1 unspecified atom stereocenters. The van der Waals surface area contributed by atoms with Crippen LogP contribution in [0.3, 0.4) is 0 Å². The Morgan fingerprint density at radius 3 is 0.924 bits per heavy atom. The summed E-state index contributed by atoms with van der Waals surface area (Å²) in [5, 5.41) is 324. The molecule has 32 N–H and O–H groups in total. The highest BCUT2D eigenvalue weighted by Gasteiger charge is 2.63. The maximum Gasteiger partial charge on any atom is 0.217 e. The van der Waals surface area contributed by atoms with Gasteiger partial charge < -0.3 is 264 Å². The minimum absolute atomic E-state index is 0.874. The molecule has 11 heterocycles. The fraction of sp³-hybridized carbons (Fsp3) is 0.946. The van der Waals surface area contributed by atoms with Gasteiger partial charge in [0, 0.05) is 27.7 Å². The standard InChI is InChI=1S/C74H124N4O53/c1-16-35(89)45(99)51(105)68(113-16)125-57-28(13-84)122-67(34(78-22(7)88)60(57)128-74-63(50(104)40(94)25(10-81)120-74)131-70-53(107)47(101)37(91)18(3)115-70)129-61-43(97)30(15-112-66-33(77-21(6)87)59(41(95)26(11-82)117-66)127-73-62(49(103)39(93)24(9-80)119-73)130-69-52(106)46(100)36(90)17(2)114-69)123-72(55(61)109)126-58-32(76-20(5)86)64(110)116-29(42(58)96)14-111-65-31(75-19(4)85)44(98)56(27(12-83)121-65)124-71-54(108)48(102)38(92)23(8-79)118-71/h16-18,23-74,79-84,89-110H,8-15H2,1-7H3,(H,75,85)(H,76,86)(H,77,87)(H,78,88)/t16-,17-,18-,23+,24+,25+,26+,27+,28+,29+,30+,31+,32+,33+,34+,35+,36+,37+,38-,39-,40-,41+,42-,43-,44+,45+,46+,47+,48-,49-,50-,51-,52-,53-,54+,55+,56+,57+,58+,59+,60+,61-,62+,63+,64?,65+,66+,67-,68-,69-,70-,71-,72-,73-,74-/m0/s1. The molecule has 0 bridgehead atoms. The Bertz CT molecular complexity index is 3590. The first-order valence-electron chi connectivity index (χ1n) is 42.2. The Hall–Kier alpha value is -4.08. The number of nitrogens with one attached hydrogen (secondary N) is 4. The topological polar surface area (TPSA) is 877 Å². The van der Waals surface area contributed by atoms with E-state index in [-0.39, 0.29) is 0 Å². The molecule has 4 amide bonds. The Morgan fingerprint density at radius 2 is 0.481 bits per heavy atom. The molecule has 0 aliphatic carbocycles. The van der Waals surface area contributed by atoms with Crippen LogP contribution in [0.25, 0.3) is 0 Å². The van der Waals surface area contributed by atoms with E-state index < -0.39 is 414 Å². The molecule has 758 valence electrons. The van der Waals surface area contributed by atoms with E-state index in [9.17, 15) is 162 Å². The van der Waals surface area contributed by atoms with Crippen molar-refractivity contribution in [1.82, 2.24) is 21.3 Å². The van der Waals surface area contributed by atoms with Crippen molar-refractivity contribution in [2.45, 2.75) is 386 Å². The lowest BCUT2D eigenvalue weighted by molar-refractivity contribution is -0.400. The zero-order valence-electron chi connectivity index (χ0n) is 71.1. The number of rotatable bonds is 32. The number of hydrogen-bond acceptors (Lipinski definition) is 53. The van der Waals surface area contributed by atoms with E-state index in [0.717, 1.165) is 27.7 Å². The number of carbonyl (C=O) groups excluding carboxylic acids is 4. The van der Waals surface area contributed by atoms with Gasteiger partial charge in [-0.3, -0.25) is 19.2 Å². The predicted octanol–water partition coefficient (Wildman–Crippen LogP) is -21.3. The highest BCUT2D eigenvalue weighted by atomic mass is 16.8. The lowest BCUT2D eigenvalue weighted by Gasteiger charge is -2.52. The maximum absolute atomic E-state index is 14.0. The summed E-state index contributed by atoms with van der Waals surface area (Å²) in [5.41, 5.74) is 0. The molecule has 0 radical (unpaired) electrons. The minimum atomic E-state index is -2.68. The van der Waals surface area contributed by atoms with E-state index in [4.69, 9.17) is 99.5 Å². The molecule has 0 aromatic carbocycles. The summed E-state index contributed by atoms with van der Waals surface area (Å²) < 4.78 is 127. The van der Waals surface area contributed by atoms with Gasteiger partial charge in [0.05, 0.1) is 71.2 Å². The number of ether oxygens (including phenoxy) is 21. The van der Waals surface area contributed by atoms with Gasteiger partial charge in [-0.2, -0.15) is 0 Å². The largest absolute Gasteiger partial charge is 0.394 e. The summed E-state index contributed by atoms with van der Waals surface area (Å²) in [6, 6.07) is -8.04. The van der Waals surface area contributed by atoms with Crippen LogP contribution in [0.5, 0.6) is 0 Å². The van der Waals surface area contributed by atoms with Crippen LogP contribution in [-0.4, -0.2) is 557 Å². The van der Waals surface area contributed by atoms with Crippen LogP contribution in [0.2, 0.25) is 0 Å². The monoisotopic (exact) mass is 1920 g/mol. The highest BCUT2D eigenvalue weighted by molar-refractivity contribution is 5.74. The molecular weight excluding hydrogens is 1790 g/mol. The van der Waals surface area contributed by atoms with Crippen LogP contribution in [0.4, 0.5) is 0 Å². The lowest BCUT2D eigenvalue weighted by atomic mass is 9.93. The van der Waals surface area contributed by atoms with E-state index in [2.05, 4.69) is 21.3 Å². The quantitative estimate of drug-likeness (QED) is 0.0297. The van der Waals surface area contributed by atoms with Gasteiger partial charge in [-0.05, 0) is 20.8 Å². The first-order chi connectivity index (χ1) is 61.8. The molecule has 0 saturated carbocycles. The second-order valence-corrected chi connectivity index (χ2v) is 33.8. The van der Waals surface area contributed by atoms with Crippen LogP contribution in [0.15, 0.2) is 0 Å². The van der Waals surface area contributed by atoms with Crippen LogP contribution >= 0.6 is 0 Å². The summed E-state index contributed by atoms with van der Waals surface area (Å²) >= 11 is 0. The van der Waals surface area contributed by atoms with Crippen molar-refractivity contribution < 1.29 is 262 Å². The molecule has 0 aromatic rings. The lowest BCUT2D eigenvalue weighted by Crippen LogP contribution is -2.72. The van der Waals surface area contributed by atoms with Gasteiger partial charge >= 0.3 is 0 Å². The van der Waals surface area contributed by atoms with Gasteiger partial charge in [-0.15, -0.1) is 0 Å². The zero-order chi connectivity index (χ0) is 96.4. The fourth-order valence-electron chi connectivity index (χ4n) is 17.1. The van der Waals surface area contributed by atoms with Crippen molar-refractivity contribution in [2.75, 3.05) is 52.9 Å². The molecule has 57 heteroatoms. The van der Waals surface area contributed by atoms with Gasteiger partial charge in [-0.25, -0.2) is 0 Å². The summed E-state index contributed by atoms with van der Waals surface area (Å²) in [4.78, 5) is 53.5. The zero-order valence-corrected chi connectivity index (χ0v) is 71.1. The van der Waals surface area contributed by atoms with Gasteiger partial charge in [-0.1, -0.05) is 0 Å². The molecular formula is C74H124N4O53. The van der Waals surface area contributed by atoms with Crippen LogP contribution in [0.1, 0.15) is 48.5 Å². The predicted molar refractivity (Wildman–Crippen MR) is 404 cm³/mol. The van der Waals surface area contributed by atoms with Gasteiger partial charge in [0.2, 0.25) is 23.6 Å². The molecule has 11 fully saturated rings. The molecule has 11 aliphatic rings. The van der Waals surface area contributed by atoms with E-state index >= 15 is 0 Å². The fourth-order valence-corrected chi connectivity index (χ4v) is 17.1. The molecule has 11 aliphatic heterocycles. The second-order valence-electron chi connectivity index (χ2n) is 33.8. The van der Waals surface area contributed by atoms with E-state index in [0.29, 0.717) is 0 Å². The van der Waals surface area contributed by atoms with Gasteiger partial charge in [0.15, 0.2) is 69.2 Å². The number of hydrogen-bond donors (Lipinski definition) is 32. The molecule has 55 atom stereocenters. The highest BCUT2D eigenvalue weighted by Crippen LogP contribution is 2.42. The van der Waals surface area contributed by atoms with Gasteiger partial charge in [0.25, 0.3) is 0 Å². The number of aliphatic hydroxyl groups is 28. The molecule has 131 heavy (non-hydrogen) atoms. The molecule has 57 nitrogen and oxygen atoms in total. The maximum atomic E-state index is 14.0. The first-order valence-corrected chi connectivity index (χ1v) is 42.2. The normalized spacial score (nSPS) is 50.7. The molecule has 0 spiro atoms. The molecule has 11 saturated heterocycles. The SMILES string of the molecule is CC(=O)N[C@H]1[C@H](OC[C@H]2OC(O)[C@H](NC(C)=O)[C@@H](O[C@@H]3O[C@H](CO[C@@H]4O[C@H](CO)[C@@H](O)[C@H](O[C@@H]5O[C@H](CO)[C@H](O)[C@H](O)[C@H]5O[C@@H]5O[C@@H](C)[C@@H](O)[C@@H](O)[C@@H]5O)[C@H]4NC(C)=O)[C@H](O)[C@H](O[C@@H]4O[C@H](CO)[C@@H](O[C@@H]5O[C@@H](C)[C@@H](O)[C@@H](O)[C@@H]5O)[C@H](O[C@@H]5O[C@H](CO)[C@H](O)[C@H](O)[C@H]5O[C@@H]5O[C@@H](C)[C@@H](O)[C@@H](O)[C@@H]5O)[C@H]4NC(C)=O)[C@H]3O)[C@H]2O)O[C@H](CO)[C@@H](O[C@@H]2O[C@H](CO)[C@H](O)[C@H](O)[C@H]2O)[C@@H]1O. The number of aliphatic hydroxyl groups excluding tert-OH is 28. The van der Waals surface area contributed by atoms with Crippen molar-refractivity contribution in [2.24, 2.45) is 0 Å². The minimum Gasteiger partial charge on any atom is -0.394 e. The first kappa shape index (κ1) is 107. The smallest absolute Gasteiger partial charge is 0.217 e. The molecule has 0 aromatic heterocycles. The Balaban J connectivity index is 0.968. The summed E-state index contributed by atoms with van der Waals surface area (Å²) in [7, 11) is 0. The third kappa shape index (κ3) is 23.7. The van der Waals surface area contributed by atoms with Crippen molar-refractivity contribution in [3.63, 3.8) is 0 Å². The Kier molecular flexibility index (Phi) is 38.0. The van der Waals surface area contributed by atoms with Crippen LogP contribution in [0, 0.1) is 0 Å². The van der Waals surface area contributed by atoms with Crippen molar-refractivity contribution in [1.29, 1.82) is 0 Å². The van der Waals surface area contributed by atoms with Crippen molar-refractivity contribution in [3.05, 3.63) is 0 Å². The van der Waals surface area contributed by atoms with E-state index in [1.807, 2.05) is 0 Å². The van der Waals surface area contributed by atoms with Crippen molar-refractivity contribution in [3.8, 4) is 0 Å². The van der Waals surface area contributed by atoms with Gasteiger partial charge in [0.1, 0.15) is 250 Å². The van der Waals surface area contributed by atoms with Crippen LogP contribution in [-0.2, 0) is 119 Å². The summed E-state index contributed by atoms with van der Waals surface area (Å²) in [5.74, 6) is -4.00. The Labute approximate surface area is 743 Å². The van der Waals surface area contributed by atoms with Crippen LogP contribution < -0.4 is 21.3 Å². The van der Waals surface area contributed by atoms with E-state index in [1.54, 1.807) is 0 Å². The average molecular weight is 1920 g/mol. The summed E-state index contributed by atoms with van der Waals surface area (Å²) in [6.45, 7) is -1.66. The summed E-state index contributed by atoms with van der Waals surface area (Å²) in [6.07, 6.45) is -106. The molecule has 11 rings (SSSR count). The number of amides is 4. The van der Waals surface area contributed by atoms with Crippen molar-refractivity contribution >= 4 is 23.6 Å². The average Bonchev–Trinajstić information content (AvgIpc) is 0.764. The Morgan fingerprint density at radius 1 is 0.214 bits per heavy atom. The second kappa shape index (κ2) is 46.3. The number of carbonyl (C=O) groups is 4. The third-order valence-corrected chi connectivity index (χ3v) is 24.4. The third-order valence-electron chi connectivity index (χ3n) is 24.4.